The summed E-state index contributed by atoms with van der Waals surface area (Å²) in [6.45, 7) is 5.22. The molecule has 19 heavy (non-hydrogen) atoms. The second-order valence-corrected chi connectivity index (χ2v) is 7.11. The van der Waals surface area contributed by atoms with Crippen molar-refractivity contribution in [2.24, 2.45) is 15.9 Å². The van der Waals surface area contributed by atoms with Crippen LogP contribution in [0.1, 0.15) is 18.7 Å². The highest BCUT2D eigenvalue weighted by molar-refractivity contribution is 8.04. The fourth-order valence-electron chi connectivity index (χ4n) is 2.38. The van der Waals surface area contributed by atoms with Gasteiger partial charge in [0.15, 0.2) is 0 Å². The lowest BCUT2D eigenvalue weighted by Crippen LogP contribution is -2.39. The Balaban J connectivity index is 1.71. The first-order valence-corrected chi connectivity index (χ1v) is 8.20. The maximum atomic E-state index is 4.76. The van der Waals surface area contributed by atoms with Crippen LogP contribution in [0.4, 0.5) is 0 Å². The molecule has 2 aliphatic heterocycles. The third-order valence-corrected chi connectivity index (χ3v) is 5.80. The Kier molecular flexibility index (Phi) is 3.75. The third kappa shape index (κ3) is 2.62. The number of rotatable bonds is 3. The van der Waals surface area contributed by atoms with Gasteiger partial charge < -0.3 is 5.32 Å². The van der Waals surface area contributed by atoms with Crippen LogP contribution in [-0.2, 0) is 6.42 Å². The van der Waals surface area contributed by atoms with Gasteiger partial charge in [0, 0.05) is 17.8 Å². The molecule has 0 bridgehead atoms. The number of thioether (sulfide) groups is 1. The average Bonchev–Trinajstić information content (AvgIpc) is 3.00. The average molecular weight is 291 g/mol. The van der Waals surface area contributed by atoms with Crippen molar-refractivity contribution in [3.8, 4) is 0 Å². The molecule has 0 amide bonds. The summed E-state index contributed by atoms with van der Waals surface area (Å²) in [4.78, 5) is 12.1. The van der Waals surface area contributed by atoms with Crippen LogP contribution in [0.2, 0.25) is 0 Å². The molecule has 0 spiro atoms. The first-order chi connectivity index (χ1) is 9.25. The van der Waals surface area contributed by atoms with Gasteiger partial charge in [-0.15, -0.1) is 23.1 Å². The highest BCUT2D eigenvalue weighted by atomic mass is 32.2. The summed E-state index contributed by atoms with van der Waals surface area (Å²) < 4.78 is 0. The lowest BCUT2D eigenvalue weighted by Gasteiger charge is -2.23. The SMILES string of the molecule is CC1=C(C)[C@H]2C(=NCCc3cccs3)NC=N[C@@H]2S1. The zero-order valence-corrected chi connectivity index (χ0v) is 12.7. The van der Waals surface area contributed by atoms with Crippen LogP contribution in [0, 0.1) is 5.92 Å². The third-order valence-electron chi connectivity index (χ3n) is 3.55. The van der Waals surface area contributed by atoms with Crippen molar-refractivity contribution in [3.05, 3.63) is 32.9 Å². The summed E-state index contributed by atoms with van der Waals surface area (Å²) in [5.74, 6) is 1.43. The van der Waals surface area contributed by atoms with Crippen LogP contribution in [0.25, 0.3) is 0 Å². The minimum atomic E-state index is 0.293. The molecular formula is C14H17N3S2. The van der Waals surface area contributed by atoms with Crippen LogP contribution in [0.3, 0.4) is 0 Å². The molecule has 1 aromatic rings. The Morgan fingerprint density at radius 2 is 2.32 bits per heavy atom. The molecule has 2 atom stereocenters. The standard InChI is InChI=1S/C14H17N3S2/c1-9-10(2)19-14-12(9)13(16-8-17-14)15-6-5-11-4-3-7-18-11/h3-4,7-8,12,14H,5-6H2,1-2H3,(H,15,16,17)/t12-,14+/m0/s1. The van der Waals surface area contributed by atoms with Crippen LogP contribution < -0.4 is 5.32 Å². The van der Waals surface area contributed by atoms with Crippen molar-refractivity contribution in [2.75, 3.05) is 6.54 Å². The second-order valence-electron chi connectivity index (χ2n) is 4.74. The van der Waals surface area contributed by atoms with Gasteiger partial charge in [0.2, 0.25) is 0 Å². The van der Waals surface area contributed by atoms with E-state index in [1.165, 1.54) is 15.4 Å². The minimum Gasteiger partial charge on any atom is -0.335 e. The van der Waals surface area contributed by atoms with Gasteiger partial charge in [-0.1, -0.05) is 11.6 Å². The van der Waals surface area contributed by atoms with Gasteiger partial charge in [0.25, 0.3) is 0 Å². The van der Waals surface area contributed by atoms with Gasteiger partial charge >= 0.3 is 0 Å². The summed E-state index contributed by atoms with van der Waals surface area (Å²) >= 11 is 3.66. The molecule has 0 saturated carbocycles. The minimum absolute atomic E-state index is 0.293. The molecule has 0 fully saturated rings. The van der Waals surface area contributed by atoms with E-state index in [1.807, 2.05) is 11.8 Å². The van der Waals surface area contributed by atoms with Crippen molar-refractivity contribution in [3.63, 3.8) is 0 Å². The molecule has 0 unspecified atom stereocenters. The zero-order valence-electron chi connectivity index (χ0n) is 11.1. The Hall–Kier alpha value is -1.07. The number of aliphatic imine (C=N–C) groups is 2. The van der Waals surface area contributed by atoms with E-state index >= 15 is 0 Å². The van der Waals surface area contributed by atoms with Gasteiger partial charge in [-0.25, -0.2) is 0 Å². The van der Waals surface area contributed by atoms with Gasteiger partial charge in [0.05, 0.1) is 12.3 Å². The number of hydrogen-bond donors (Lipinski definition) is 1. The predicted molar refractivity (Wildman–Crippen MR) is 85.2 cm³/mol. The fraction of sp³-hybridized carbons (Fsp3) is 0.429. The van der Waals surface area contributed by atoms with Crippen LogP contribution >= 0.6 is 23.1 Å². The number of nitrogens with one attached hydrogen (secondary N) is 1. The van der Waals surface area contributed by atoms with E-state index in [2.05, 4.69) is 41.7 Å². The van der Waals surface area contributed by atoms with E-state index in [-0.39, 0.29) is 0 Å². The van der Waals surface area contributed by atoms with Crippen molar-refractivity contribution in [1.82, 2.24) is 5.32 Å². The van der Waals surface area contributed by atoms with E-state index in [0.717, 1.165) is 18.8 Å². The molecule has 3 nitrogen and oxygen atoms in total. The van der Waals surface area contributed by atoms with E-state index in [9.17, 15) is 0 Å². The lowest BCUT2D eigenvalue weighted by atomic mass is 9.98. The monoisotopic (exact) mass is 291 g/mol. The second kappa shape index (κ2) is 5.51. The van der Waals surface area contributed by atoms with Crippen molar-refractivity contribution >= 4 is 35.3 Å². The van der Waals surface area contributed by atoms with Gasteiger partial charge in [-0.2, -0.15) is 0 Å². The highest BCUT2D eigenvalue weighted by Gasteiger charge is 2.36. The van der Waals surface area contributed by atoms with E-state index in [0.29, 0.717) is 11.3 Å². The highest BCUT2D eigenvalue weighted by Crippen LogP contribution is 2.43. The number of nitrogens with zero attached hydrogens (tertiary/aromatic N) is 2. The summed E-state index contributed by atoms with van der Waals surface area (Å²) in [6, 6.07) is 4.27. The number of allylic oxidation sites excluding steroid dienone is 1. The van der Waals surface area contributed by atoms with Crippen LogP contribution in [0.15, 0.2) is 38.0 Å². The van der Waals surface area contributed by atoms with Crippen molar-refractivity contribution in [2.45, 2.75) is 25.6 Å². The molecule has 0 aliphatic carbocycles. The maximum Gasteiger partial charge on any atom is 0.115 e. The molecule has 5 heteroatoms. The Labute approximate surface area is 121 Å². The predicted octanol–water partition coefficient (Wildman–Crippen LogP) is 3.30. The molecule has 3 rings (SSSR count). The lowest BCUT2D eigenvalue weighted by molar-refractivity contribution is 0.734. The quantitative estimate of drug-likeness (QED) is 0.927. The molecule has 2 aliphatic rings. The van der Waals surface area contributed by atoms with E-state index in [4.69, 9.17) is 4.99 Å². The van der Waals surface area contributed by atoms with Gasteiger partial charge in [0.1, 0.15) is 11.2 Å². The Bertz CT molecular complexity index is 543. The Morgan fingerprint density at radius 1 is 1.42 bits per heavy atom. The molecule has 1 aromatic heterocycles. The molecule has 0 radical (unpaired) electrons. The first-order valence-electron chi connectivity index (χ1n) is 6.44. The van der Waals surface area contributed by atoms with Gasteiger partial charge in [-0.05, 0) is 30.2 Å². The van der Waals surface area contributed by atoms with Crippen molar-refractivity contribution < 1.29 is 0 Å². The zero-order chi connectivity index (χ0) is 13.2. The van der Waals surface area contributed by atoms with E-state index < -0.39 is 0 Å². The summed E-state index contributed by atoms with van der Waals surface area (Å²) in [6.07, 6.45) is 2.82. The number of fused-ring (bicyclic) bond motifs is 1. The molecule has 0 saturated heterocycles. The maximum absolute atomic E-state index is 4.76. The molecular weight excluding hydrogens is 274 g/mol. The molecule has 3 heterocycles. The smallest absolute Gasteiger partial charge is 0.115 e. The number of thiophene rings is 1. The van der Waals surface area contributed by atoms with Crippen LogP contribution in [0.5, 0.6) is 0 Å². The summed E-state index contributed by atoms with van der Waals surface area (Å²) in [5.41, 5.74) is 1.41. The summed E-state index contributed by atoms with van der Waals surface area (Å²) in [7, 11) is 0. The molecule has 100 valence electrons. The summed E-state index contributed by atoms with van der Waals surface area (Å²) in [5, 5.41) is 5.65. The largest absolute Gasteiger partial charge is 0.335 e. The van der Waals surface area contributed by atoms with Crippen molar-refractivity contribution in [1.29, 1.82) is 0 Å². The Morgan fingerprint density at radius 3 is 3.11 bits per heavy atom. The topological polar surface area (TPSA) is 36.8 Å². The molecule has 1 N–H and O–H groups in total. The fourth-order valence-corrected chi connectivity index (χ4v) is 4.35. The first kappa shape index (κ1) is 12.9. The van der Waals surface area contributed by atoms with E-state index in [1.54, 1.807) is 17.7 Å². The number of hydrogen-bond acceptors (Lipinski definition) is 4. The number of amidine groups is 1. The molecule has 0 aromatic carbocycles. The van der Waals surface area contributed by atoms with Crippen LogP contribution in [-0.4, -0.2) is 24.1 Å². The normalized spacial score (nSPS) is 27.8. The van der Waals surface area contributed by atoms with Gasteiger partial charge in [-0.3, -0.25) is 9.98 Å².